The number of para-hydroxylation sites is 1. The molecule has 5 aromatic rings. The number of aromatic amines is 1. The molecule has 0 bridgehead atoms. The van der Waals surface area contributed by atoms with E-state index in [2.05, 4.69) is 10.1 Å². The first kappa shape index (κ1) is 24.9. The van der Waals surface area contributed by atoms with Gasteiger partial charge in [0.05, 0.1) is 17.8 Å². The molecule has 9 heteroatoms. The summed E-state index contributed by atoms with van der Waals surface area (Å²) < 4.78 is 12.7. The molecule has 194 valence electrons. The maximum atomic E-state index is 11.5. The van der Waals surface area contributed by atoms with Gasteiger partial charge in [0.2, 0.25) is 5.88 Å². The zero-order valence-corrected chi connectivity index (χ0v) is 21.0. The normalized spacial score (nSPS) is 11.2. The van der Waals surface area contributed by atoms with Crippen molar-refractivity contribution in [2.24, 2.45) is 0 Å². The number of aryl methyl sites for hydroxylation is 2. The van der Waals surface area contributed by atoms with Crippen LogP contribution in [0.3, 0.4) is 0 Å². The number of carboxylic acid groups (broad SMARTS) is 2. The third kappa shape index (κ3) is 4.78. The Hall–Kier alpha value is -4.79. The highest BCUT2D eigenvalue weighted by Gasteiger charge is 2.22. The number of aliphatic carboxylic acids is 1. The second-order valence-electron chi connectivity index (χ2n) is 9.06. The van der Waals surface area contributed by atoms with Crippen LogP contribution in [-0.4, -0.2) is 43.7 Å². The van der Waals surface area contributed by atoms with Crippen LogP contribution in [0.15, 0.2) is 60.7 Å². The first-order valence-corrected chi connectivity index (χ1v) is 12.2. The fraction of sp³-hybridized carbons (Fsp3) is 0.207. The van der Waals surface area contributed by atoms with E-state index in [0.29, 0.717) is 36.4 Å². The lowest BCUT2D eigenvalue weighted by Gasteiger charge is -2.10. The summed E-state index contributed by atoms with van der Waals surface area (Å²) in [6.07, 6.45) is -0.258. The summed E-state index contributed by atoms with van der Waals surface area (Å²) in [5.74, 6) is -0.0145. The first-order valence-electron chi connectivity index (χ1n) is 12.2. The molecule has 2 heterocycles. The Morgan fingerprint density at radius 1 is 0.974 bits per heavy atom. The van der Waals surface area contributed by atoms with Gasteiger partial charge in [0, 0.05) is 33.2 Å². The fourth-order valence-electron chi connectivity index (χ4n) is 5.00. The molecule has 2 aromatic heterocycles. The Morgan fingerprint density at radius 3 is 2.50 bits per heavy atom. The molecule has 5 rings (SSSR count). The van der Waals surface area contributed by atoms with Crippen molar-refractivity contribution < 1.29 is 29.3 Å². The number of fused-ring (bicyclic) bond motifs is 2. The number of carboxylic acids is 1. The van der Waals surface area contributed by atoms with Crippen LogP contribution in [0.4, 0.5) is 4.79 Å². The average Bonchev–Trinajstić information content (AvgIpc) is 3.36. The molecule has 0 saturated heterocycles. The molecular weight excluding hydrogens is 486 g/mol. The fourth-order valence-corrected chi connectivity index (χ4v) is 5.00. The number of nitrogens with zero attached hydrogens (tertiary/aromatic N) is 2. The number of nitrogens with one attached hydrogen (secondary N) is 1. The minimum absolute atomic E-state index is 0.165. The molecule has 38 heavy (non-hydrogen) atoms. The Morgan fingerprint density at radius 2 is 1.71 bits per heavy atom. The van der Waals surface area contributed by atoms with Gasteiger partial charge in [-0.25, -0.2) is 4.79 Å². The van der Waals surface area contributed by atoms with Crippen molar-refractivity contribution in [3.8, 4) is 22.8 Å². The number of ether oxygens (including phenoxy) is 2. The van der Waals surface area contributed by atoms with Crippen LogP contribution in [0.5, 0.6) is 11.6 Å². The van der Waals surface area contributed by atoms with E-state index in [9.17, 15) is 19.8 Å². The van der Waals surface area contributed by atoms with Crippen LogP contribution in [0.25, 0.3) is 32.8 Å². The van der Waals surface area contributed by atoms with Crippen molar-refractivity contribution in [1.82, 2.24) is 14.8 Å². The lowest BCUT2D eigenvalue weighted by molar-refractivity contribution is -0.137. The minimum Gasteiger partial charge on any atom is -0.493 e. The van der Waals surface area contributed by atoms with E-state index in [1.807, 2.05) is 74.5 Å². The second-order valence-corrected chi connectivity index (χ2v) is 9.06. The van der Waals surface area contributed by atoms with Crippen molar-refractivity contribution in [3.05, 3.63) is 77.6 Å². The standard InChI is InChI=1S/C29H27N3O6/c1-17-26(18(2)32(31-17)16-25(33)34)23-12-6-11-21-22(28(30-27(21)23)38-29(35)36)13-7-15-37-24-14-5-9-19-8-3-4-10-20(19)24/h3-6,8-12,14,30H,7,13,15-16H2,1-2H3,(H,33,34)(H,35,36). The van der Waals surface area contributed by atoms with Gasteiger partial charge in [-0.1, -0.05) is 54.6 Å². The molecule has 9 nitrogen and oxygen atoms in total. The zero-order valence-electron chi connectivity index (χ0n) is 21.0. The van der Waals surface area contributed by atoms with E-state index in [0.717, 1.165) is 38.6 Å². The molecule has 3 aromatic carbocycles. The lowest BCUT2D eigenvalue weighted by atomic mass is 9.99. The van der Waals surface area contributed by atoms with Crippen molar-refractivity contribution >= 4 is 33.8 Å². The SMILES string of the molecule is Cc1nn(CC(=O)O)c(C)c1-c1cccc2c(CCCOc3cccc4ccccc34)c(OC(=O)O)[nH]c12. The molecule has 0 atom stereocenters. The summed E-state index contributed by atoms with van der Waals surface area (Å²) in [7, 11) is 0. The Labute approximate surface area is 218 Å². The molecule has 0 aliphatic heterocycles. The first-order chi connectivity index (χ1) is 18.3. The Balaban J connectivity index is 1.45. The van der Waals surface area contributed by atoms with Crippen LogP contribution >= 0.6 is 0 Å². The van der Waals surface area contributed by atoms with Gasteiger partial charge in [-0.2, -0.15) is 5.10 Å². The summed E-state index contributed by atoms with van der Waals surface area (Å²) in [4.78, 5) is 25.9. The van der Waals surface area contributed by atoms with E-state index in [4.69, 9.17) is 9.47 Å². The van der Waals surface area contributed by atoms with Crippen molar-refractivity contribution in [1.29, 1.82) is 0 Å². The average molecular weight is 514 g/mol. The molecule has 0 aliphatic carbocycles. The van der Waals surface area contributed by atoms with Gasteiger partial charge in [0.1, 0.15) is 12.3 Å². The van der Waals surface area contributed by atoms with Crippen molar-refractivity contribution in [3.63, 3.8) is 0 Å². The highest BCUT2D eigenvalue weighted by atomic mass is 16.7. The van der Waals surface area contributed by atoms with Crippen LogP contribution in [0, 0.1) is 13.8 Å². The molecule has 0 amide bonds. The minimum atomic E-state index is -1.41. The number of benzene rings is 3. The third-order valence-corrected chi connectivity index (χ3v) is 6.61. The summed E-state index contributed by atoms with van der Waals surface area (Å²) in [5, 5.41) is 26.0. The van der Waals surface area contributed by atoms with Gasteiger partial charge in [-0.3, -0.25) is 9.48 Å². The molecule has 0 aliphatic rings. The third-order valence-electron chi connectivity index (χ3n) is 6.61. The molecule has 0 spiro atoms. The maximum absolute atomic E-state index is 11.5. The van der Waals surface area contributed by atoms with Gasteiger partial charge < -0.3 is 24.7 Å². The molecule has 0 radical (unpaired) electrons. The predicted octanol–water partition coefficient (Wildman–Crippen LogP) is 5.95. The number of rotatable bonds is 9. The number of carbonyl (C=O) groups is 2. The van der Waals surface area contributed by atoms with Gasteiger partial charge >= 0.3 is 12.1 Å². The molecule has 3 N–H and O–H groups in total. The van der Waals surface area contributed by atoms with Gasteiger partial charge in [-0.15, -0.1) is 0 Å². The van der Waals surface area contributed by atoms with E-state index in [1.54, 1.807) is 0 Å². The van der Waals surface area contributed by atoms with Crippen molar-refractivity contribution in [2.75, 3.05) is 6.61 Å². The van der Waals surface area contributed by atoms with E-state index in [-0.39, 0.29) is 12.4 Å². The second kappa shape index (κ2) is 10.3. The van der Waals surface area contributed by atoms with Gasteiger partial charge in [0.25, 0.3) is 0 Å². The maximum Gasteiger partial charge on any atom is 0.512 e. The van der Waals surface area contributed by atoms with E-state index in [1.165, 1.54) is 4.68 Å². The molecule has 0 unspecified atom stereocenters. The summed E-state index contributed by atoms with van der Waals surface area (Å²) in [5.41, 5.74) is 4.41. The summed E-state index contributed by atoms with van der Waals surface area (Å²) in [6.45, 7) is 3.83. The van der Waals surface area contributed by atoms with E-state index >= 15 is 0 Å². The van der Waals surface area contributed by atoms with E-state index < -0.39 is 12.1 Å². The highest BCUT2D eigenvalue weighted by Crippen LogP contribution is 2.38. The molecular formula is C29H27N3O6. The largest absolute Gasteiger partial charge is 0.512 e. The number of hydrogen-bond acceptors (Lipinski definition) is 5. The topological polar surface area (TPSA) is 127 Å². The summed E-state index contributed by atoms with van der Waals surface area (Å²) >= 11 is 0. The summed E-state index contributed by atoms with van der Waals surface area (Å²) in [6, 6.07) is 19.7. The van der Waals surface area contributed by atoms with Crippen LogP contribution in [0.2, 0.25) is 0 Å². The van der Waals surface area contributed by atoms with Crippen molar-refractivity contribution in [2.45, 2.75) is 33.2 Å². The zero-order chi connectivity index (χ0) is 26.8. The Bertz CT molecular complexity index is 1660. The monoisotopic (exact) mass is 513 g/mol. The quantitative estimate of drug-likeness (QED) is 0.164. The predicted molar refractivity (Wildman–Crippen MR) is 143 cm³/mol. The van der Waals surface area contributed by atoms with Gasteiger partial charge in [-0.05, 0) is 38.1 Å². The van der Waals surface area contributed by atoms with Crippen LogP contribution in [-0.2, 0) is 17.8 Å². The Kier molecular flexibility index (Phi) is 6.74. The van der Waals surface area contributed by atoms with Gasteiger partial charge in [0.15, 0.2) is 0 Å². The van der Waals surface area contributed by atoms with Crippen LogP contribution in [0.1, 0.15) is 23.4 Å². The number of hydrogen-bond donors (Lipinski definition) is 3. The molecule has 0 saturated carbocycles. The van der Waals surface area contributed by atoms with Crippen LogP contribution < -0.4 is 9.47 Å². The smallest absolute Gasteiger partial charge is 0.493 e. The number of aromatic nitrogens is 3. The molecule has 0 fully saturated rings. The lowest BCUT2D eigenvalue weighted by Crippen LogP contribution is -2.11. The highest BCUT2D eigenvalue weighted by molar-refractivity contribution is 5.99. The number of H-pyrrole nitrogens is 1.